The molecule has 29 heavy (non-hydrogen) atoms. The maximum atomic E-state index is 12.3. The highest BCUT2D eigenvalue weighted by molar-refractivity contribution is 5.98. The highest BCUT2D eigenvalue weighted by Crippen LogP contribution is 2.28. The van der Waals surface area contributed by atoms with E-state index < -0.39 is 22.9 Å². The van der Waals surface area contributed by atoms with E-state index in [1.165, 1.54) is 26.0 Å². The molecular weight excluding hydrogens is 378 g/mol. The van der Waals surface area contributed by atoms with Crippen molar-refractivity contribution in [1.82, 2.24) is 0 Å². The second-order valence-electron chi connectivity index (χ2n) is 6.53. The van der Waals surface area contributed by atoms with Crippen LogP contribution >= 0.6 is 0 Å². The molecule has 2 aromatic carbocycles. The van der Waals surface area contributed by atoms with E-state index >= 15 is 0 Å². The van der Waals surface area contributed by atoms with E-state index in [9.17, 15) is 24.5 Å². The molecule has 0 saturated heterocycles. The molecule has 0 aliphatic rings. The first-order valence-corrected chi connectivity index (χ1v) is 8.68. The van der Waals surface area contributed by atoms with E-state index in [4.69, 9.17) is 4.74 Å². The molecule has 0 radical (unpaired) electrons. The van der Waals surface area contributed by atoms with Gasteiger partial charge in [-0.15, -0.1) is 0 Å². The van der Waals surface area contributed by atoms with Crippen molar-refractivity contribution in [2.24, 2.45) is 0 Å². The number of ketones is 1. The van der Waals surface area contributed by atoms with Crippen LogP contribution < -0.4 is 10.2 Å². The molecule has 1 atom stereocenters. The standard InChI is InChI=1S/C20H21N3O6/c1-12(24)14-5-8-16(9-6-14)21-19(25)13(2)29-20(26)15-7-10-17(22(3)4)18(11-15)23(27)28/h5-11,13H,1-4H3,(H,21,25)/t13-/m0/s1. The summed E-state index contributed by atoms with van der Waals surface area (Å²) in [6.07, 6.45) is -1.14. The number of carbonyl (C=O) groups excluding carboxylic acids is 3. The summed E-state index contributed by atoms with van der Waals surface area (Å²) < 4.78 is 5.13. The second kappa shape index (κ2) is 8.96. The van der Waals surface area contributed by atoms with Gasteiger partial charge >= 0.3 is 5.97 Å². The maximum Gasteiger partial charge on any atom is 0.339 e. The SMILES string of the molecule is CC(=O)c1ccc(NC(=O)[C@H](C)OC(=O)c2ccc(N(C)C)c([N+](=O)[O-])c2)cc1. The first kappa shape index (κ1) is 21.5. The molecule has 0 bridgehead atoms. The average Bonchev–Trinajstić information content (AvgIpc) is 2.67. The minimum absolute atomic E-state index is 0.0345. The molecule has 0 heterocycles. The third-order valence-electron chi connectivity index (χ3n) is 4.10. The van der Waals surface area contributed by atoms with Crippen LogP contribution in [0.4, 0.5) is 17.1 Å². The Kier molecular flexibility index (Phi) is 6.66. The minimum Gasteiger partial charge on any atom is -0.449 e. The molecule has 9 nitrogen and oxygen atoms in total. The van der Waals surface area contributed by atoms with Gasteiger partial charge in [-0.25, -0.2) is 4.79 Å². The van der Waals surface area contributed by atoms with Crippen molar-refractivity contribution >= 4 is 34.7 Å². The van der Waals surface area contributed by atoms with Crippen molar-refractivity contribution in [2.75, 3.05) is 24.3 Å². The van der Waals surface area contributed by atoms with Gasteiger partial charge in [-0.2, -0.15) is 0 Å². The van der Waals surface area contributed by atoms with Crippen LogP contribution in [-0.2, 0) is 9.53 Å². The van der Waals surface area contributed by atoms with Crippen molar-refractivity contribution in [3.8, 4) is 0 Å². The summed E-state index contributed by atoms with van der Waals surface area (Å²) in [5.74, 6) is -1.53. The third-order valence-corrected chi connectivity index (χ3v) is 4.10. The summed E-state index contributed by atoms with van der Waals surface area (Å²) in [6, 6.07) is 10.2. The van der Waals surface area contributed by atoms with Gasteiger partial charge < -0.3 is 15.0 Å². The topological polar surface area (TPSA) is 119 Å². The molecule has 152 valence electrons. The molecular formula is C20H21N3O6. The van der Waals surface area contributed by atoms with Gasteiger partial charge in [0.15, 0.2) is 11.9 Å². The molecule has 0 fully saturated rings. The number of anilines is 2. The molecule has 9 heteroatoms. The lowest BCUT2D eigenvalue weighted by Gasteiger charge is -2.15. The van der Waals surface area contributed by atoms with E-state index in [2.05, 4.69) is 5.32 Å². The molecule has 1 amide bonds. The summed E-state index contributed by atoms with van der Waals surface area (Å²) in [5.41, 5.74) is 1.00. The quantitative estimate of drug-likeness (QED) is 0.329. The number of ether oxygens (including phenoxy) is 1. The molecule has 0 saturated carbocycles. The number of benzene rings is 2. The molecule has 2 aromatic rings. The molecule has 2 rings (SSSR count). The monoisotopic (exact) mass is 399 g/mol. The number of hydrogen-bond acceptors (Lipinski definition) is 7. The van der Waals surface area contributed by atoms with Crippen molar-refractivity contribution in [3.63, 3.8) is 0 Å². The number of carbonyl (C=O) groups is 3. The summed E-state index contributed by atoms with van der Waals surface area (Å²) in [7, 11) is 3.30. The van der Waals surface area contributed by atoms with Crippen molar-refractivity contribution < 1.29 is 24.0 Å². The zero-order valence-corrected chi connectivity index (χ0v) is 16.5. The van der Waals surface area contributed by atoms with Gasteiger partial charge in [-0.1, -0.05) is 0 Å². The zero-order valence-electron chi connectivity index (χ0n) is 16.5. The van der Waals surface area contributed by atoms with Crippen molar-refractivity contribution in [3.05, 3.63) is 63.7 Å². The average molecular weight is 399 g/mol. The van der Waals surface area contributed by atoms with Crippen LogP contribution in [0.1, 0.15) is 34.6 Å². The fraction of sp³-hybridized carbons (Fsp3) is 0.250. The van der Waals surface area contributed by atoms with Gasteiger partial charge in [0.05, 0.1) is 10.5 Å². The number of nitrogens with one attached hydrogen (secondary N) is 1. The second-order valence-corrected chi connectivity index (χ2v) is 6.53. The Morgan fingerprint density at radius 1 is 1.07 bits per heavy atom. The van der Waals surface area contributed by atoms with Crippen LogP contribution in [0.3, 0.4) is 0 Å². The zero-order chi connectivity index (χ0) is 21.7. The van der Waals surface area contributed by atoms with Gasteiger partial charge in [0, 0.05) is 31.4 Å². The fourth-order valence-electron chi connectivity index (χ4n) is 2.49. The van der Waals surface area contributed by atoms with Crippen LogP contribution in [0.5, 0.6) is 0 Å². The molecule has 0 aromatic heterocycles. The number of nitro benzene ring substituents is 1. The summed E-state index contributed by atoms with van der Waals surface area (Å²) >= 11 is 0. The van der Waals surface area contributed by atoms with Gasteiger partial charge in [0.2, 0.25) is 0 Å². The molecule has 1 N–H and O–H groups in total. The number of nitrogens with zero attached hydrogens (tertiary/aromatic N) is 2. The Balaban J connectivity index is 2.07. The number of nitro groups is 1. The van der Waals surface area contributed by atoms with Crippen LogP contribution in [0, 0.1) is 10.1 Å². The van der Waals surface area contributed by atoms with E-state index in [1.807, 2.05) is 0 Å². The molecule has 0 unspecified atom stereocenters. The van der Waals surface area contributed by atoms with Gasteiger partial charge in [0.1, 0.15) is 5.69 Å². The third kappa shape index (κ3) is 5.38. The summed E-state index contributed by atoms with van der Waals surface area (Å²) in [5, 5.41) is 13.8. The highest BCUT2D eigenvalue weighted by Gasteiger charge is 2.23. The molecule has 0 aliphatic heterocycles. The Morgan fingerprint density at radius 2 is 1.66 bits per heavy atom. The lowest BCUT2D eigenvalue weighted by Crippen LogP contribution is -2.30. The van der Waals surface area contributed by atoms with Gasteiger partial charge in [-0.3, -0.25) is 19.7 Å². The van der Waals surface area contributed by atoms with Crippen molar-refractivity contribution in [1.29, 1.82) is 0 Å². The van der Waals surface area contributed by atoms with Crippen molar-refractivity contribution in [2.45, 2.75) is 20.0 Å². The number of rotatable bonds is 7. The first-order valence-electron chi connectivity index (χ1n) is 8.68. The van der Waals surface area contributed by atoms with Crippen LogP contribution in [-0.4, -0.2) is 42.8 Å². The number of esters is 1. The predicted molar refractivity (Wildman–Crippen MR) is 107 cm³/mol. The lowest BCUT2D eigenvalue weighted by molar-refractivity contribution is -0.384. The highest BCUT2D eigenvalue weighted by atomic mass is 16.6. The molecule has 0 spiro atoms. The van der Waals surface area contributed by atoms with Gasteiger partial charge in [-0.05, 0) is 50.2 Å². The normalized spacial score (nSPS) is 11.3. The number of hydrogen-bond donors (Lipinski definition) is 1. The van der Waals surface area contributed by atoms with Gasteiger partial charge in [0.25, 0.3) is 11.6 Å². The Hall–Kier alpha value is -3.75. The maximum absolute atomic E-state index is 12.3. The van der Waals surface area contributed by atoms with Crippen LogP contribution in [0.25, 0.3) is 0 Å². The van der Waals surface area contributed by atoms with E-state index in [1.54, 1.807) is 43.3 Å². The molecule has 0 aliphatic carbocycles. The Bertz CT molecular complexity index is 953. The summed E-state index contributed by atoms with van der Waals surface area (Å²) in [6.45, 7) is 2.82. The Labute approximate surface area is 167 Å². The van der Waals surface area contributed by atoms with Crippen LogP contribution in [0.2, 0.25) is 0 Å². The summed E-state index contributed by atoms with van der Waals surface area (Å²) in [4.78, 5) is 48.0. The predicted octanol–water partition coefficient (Wildman–Crippen LogP) is 3.05. The smallest absolute Gasteiger partial charge is 0.339 e. The number of amides is 1. The van der Waals surface area contributed by atoms with E-state index in [0.717, 1.165) is 6.07 Å². The van der Waals surface area contributed by atoms with E-state index in [-0.39, 0.29) is 17.0 Å². The van der Waals surface area contributed by atoms with E-state index in [0.29, 0.717) is 16.9 Å². The number of Topliss-reactive ketones (excluding diaryl/α,β-unsaturated/α-hetero) is 1. The largest absolute Gasteiger partial charge is 0.449 e. The Morgan fingerprint density at radius 3 is 2.17 bits per heavy atom. The lowest BCUT2D eigenvalue weighted by atomic mass is 10.1. The fourth-order valence-corrected chi connectivity index (χ4v) is 2.49. The minimum atomic E-state index is -1.14. The van der Waals surface area contributed by atoms with Crippen LogP contribution in [0.15, 0.2) is 42.5 Å². The first-order chi connectivity index (χ1) is 13.6.